The Kier molecular flexibility index (Phi) is 2.92. The molecule has 0 atom stereocenters. The first-order valence-corrected chi connectivity index (χ1v) is 5.98. The molecule has 1 fully saturated rings. The third kappa shape index (κ3) is 1.81. The van der Waals surface area contributed by atoms with E-state index < -0.39 is 0 Å². The Balaban J connectivity index is 2.18. The Morgan fingerprint density at radius 1 is 1.38 bits per heavy atom. The molecule has 1 aromatic heterocycles. The van der Waals surface area contributed by atoms with E-state index in [2.05, 4.69) is 21.0 Å². The average Bonchev–Trinajstić information content (AvgIpc) is 2.66. The lowest BCUT2D eigenvalue weighted by Crippen LogP contribution is -2.29. The zero-order valence-corrected chi connectivity index (χ0v) is 11.3. The van der Waals surface area contributed by atoms with Gasteiger partial charge >= 0.3 is 6.03 Å². The summed E-state index contributed by atoms with van der Waals surface area (Å²) in [6.07, 6.45) is 0. The van der Waals surface area contributed by atoms with Crippen LogP contribution in [0.25, 0.3) is 0 Å². The van der Waals surface area contributed by atoms with Crippen molar-refractivity contribution in [2.45, 2.75) is 13.5 Å². The molecule has 2 rings (SSSR count). The van der Waals surface area contributed by atoms with Gasteiger partial charge in [-0.2, -0.15) is 5.10 Å². The van der Waals surface area contributed by atoms with Crippen LogP contribution >= 0.6 is 15.9 Å². The molecule has 16 heavy (non-hydrogen) atoms. The molecule has 1 aliphatic heterocycles. The number of hydrogen-bond donors (Lipinski definition) is 0. The van der Waals surface area contributed by atoms with E-state index in [0.29, 0.717) is 6.54 Å². The number of carbonyl (C=O) groups excluding carboxylic acids is 1. The van der Waals surface area contributed by atoms with E-state index >= 15 is 0 Å². The summed E-state index contributed by atoms with van der Waals surface area (Å²) in [4.78, 5) is 15.3. The molecule has 5 nitrogen and oxygen atoms in total. The monoisotopic (exact) mass is 286 g/mol. The standard InChI is InChI=1S/C10H15BrN4O/c1-7-9(11)8(14(3)12-7)6-15-5-4-13(2)10(15)16/h4-6H2,1-3H3. The molecule has 2 amide bonds. The minimum Gasteiger partial charge on any atom is -0.326 e. The molecule has 2 heterocycles. The van der Waals surface area contributed by atoms with Crippen LogP contribution in [0.3, 0.4) is 0 Å². The van der Waals surface area contributed by atoms with Crippen molar-refractivity contribution in [2.75, 3.05) is 20.1 Å². The van der Waals surface area contributed by atoms with E-state index in [9.17, 15) is 4.79 Å². The largest absolute Gasteiger partial charge is 0.326 e. The number of amides is 2. The SMILES string of the molecule is Cc1nn(C)c(CN2CCN(C)C2=O)c1Br. The zero-order valence-electron chi connectivity index (χ0n) is 9.70. The van der Waals surface area contributed by atoms with Gasteiger partial charge in [-0.25, -0.2) is 4.79 Å². The summed E-state index contributed by atoms with van der Waals surface area (Å²) >= 11 is 3.51. The van der Waals surface area contributed by atoms with Gasteiger partial charge in [0.2, 0.25) is 0 Å². The number of nitrogens with zero attached hydrogens (tertiary/aromatic N) is 4. The highest BCUT2D eigenvalue weighted by atomic mass is 79.9. The molecule has 0 spiro atoms. The summed E-state index contributed by atoms with van der Waals surface area (Å²) in [5, 5.41) is 4.31. The van der Waals surface area contributed by atoms with Crippen LogP contribution in [0.15, 0.2) is 4.47 Å². The molecule has 88 valence electrons. The predicted octanol–water partition coefficient (Wildman–Crippen LogP) is 1.36. The zero-order chi connectivity index (χ0) is 11.9. The first-order chi connectivity index (χ1) is 7.50. The van der Waals surface area contributed by atoms with Gasteiger partial charge in [0.05, 0.1) is 22.4 Å². The Hall–Kier alpha value is -1.04. The van der Waals surface area contributed by atoms with Gasteiger partial charge < -0.3 is 9.80 Å². The number of hydrogen-bond acceptors (Lipinski definition) is 2. The van der Waals surface area contributed by atoms with Gasteiger partial charge in [0.25, 0.3) is 0 Å². The van der Waals surface area contributed by atoms with E-state index in [1.165, 1.54) is 0 Å². The van der Waals surface area contributed by atoms with Crippen molar-refractivity contribution in [3.05, 3.63) is 15.9 Å². The van der Waals surface area contributed by atoms with E-state index in [1.54, 1.807) is 4.90 Å². The first-order valence-electron chi connectivity index (χ1n) is 5.18. The molecule has 0 aromatic carbocycles. The Morgan fingerprint density at radius 3 is 2.50 bits per heavy atom. The quantitative estimate of drug-likeness (QED) is 0.824. The van der Waals surface area contributed by atoms with Crippen LogP contribution in [0, 0.1) is 6.92 Å². The third-order valence-corrected chi connectivity index (χ3v) is 3.94. The number of aromatic nitrogens is 2. The van der Waals surface area contributed by atoms with Crippen molar-refractivity contribution < 1.29 is 4.79 Å². The predicted molar refractivity (Wildman–Crippen MR) is 64.1 cm³/mol. The smallest absolute Gasteiger partial charge is 0.320 e. The van der Waals surface area contributed by atoms with Crippen LogP contribution < -0.4 is 0 Å². The number of rotatable bonds is 2. The van der Waals surface area contributed by atoms with Crippen molar-refractivity contribution in [3.8, 4) is 0 Å². The highest BCUT2D eigenvalue weighted by molar-refractivity contribution is 9.10. The van der Waals surface area contributed by atoms with Crippen molar-refractivity contribution in [1.29, 1.82) is 0 Å². The molecular formula is C10H15BrN4O. The number of urea groups is 1. The van der Waals surface area contributed by atoms with Crippen molar-refractivity contribution >= 4 is 22.0 Å². The van der Waals surface area contributed by atoms with E-state index in [1.807, 2.05) is 30.6 Å². The molecule has 1 aliphatic rings. The fourth-order valence-electron chi connectivity index (χ4n) is 1.88. The molecule has 6 heteroatoms. The van der Waals surface area contributed by atoms with Crippen molar-refractivity contribution in [3.63, 3.8) is 0 Å². The lowest BCUT2D eigenvalue weighted by molar-refractivity contribution is 0.196. The van der Waals surface area contributed by atoms with E-state index in [0.717, 1.165) is 29.0 Å². The second-order valence-electron chi connectivity index (χ2n) is 4.10. The van der Waals surface area contributed by atoms with Gasteiger partial charge in [-0.05, 0) is 22.9 Å². The molecule has 1 aromatic rings. The van der Waals surface area contributed by atoms with Crippen LogP contribution in [-0.4, -0.2) is 45.7 Å². The Bertz CT molecular complexity index is 429. The topological polar surface area (TPSA) is 41.4 Å². The van der Waals surface area contributed by atoms with Gasteiger partial charge in [0, 0.05) is 27.2 Å². The van der Waals surface area contributed by atoms with Gasteiger partial charge in [-0.15, -0.1) is 0 Å². The normalized spacial score (nSPS) is 16.4. The van der Waals surface area contributed by atoms with Gasteiger partial charge in [0.15, 0.2) is 0 Å². The Morgan fingerprint density at radius 2 is 2.06 bits per heavy atom. The lowest BCUT2D eigenvalue weighted by atomic mass is 10.3. The molecule has 0 aliphatic carbocycles. The van der Waals surface area contributed by atoms with Crippen LogP contribution in [-0.2, 0) is 13.6 Å². The summed E-state index contributed by atoms with van der Waals surface area (Å²) in [7, 11) is 3.73. The second-order valence-corrected chi connectivity index (χ2v) is 4.89. The van der Waals surface area contributed by atoms with Crippen LogP contribution in [0.5, 0.6) is 0 Å². The third-order valence-electron chi connectivity index (χ3n) is 2.90. The van der Waals surface area contributed by atoms with E-state index in [4.69, 9.17) is 0 Å². The number of aryl methyl sites for hydroxylation is 2. The molecule has 0 unspecified atom stereocenters. The molecule has 0 bridgehead atoms. The second kappa shape index (κ2) is 4.08. The van der Waals surface area contributed by atoms with Gasteiger partial charge in [-0.1, -0.05) is 0 Å². The highest BCUT2D eigenvalue weighted by Crippen LogP contribution is 2.22. The summed E-state index contributed by atoms with van der Waals surface area (Å²) in [5.74, 6) is 0. The van der Waals surface area contributed by atoms with Gasteiger partial charge in [0.1, 0.15) is 0 Å². The van der Waals surface area contributed by atoms with E-state index in [-0.39, 0.29) is 6.03 Å². The summed E-state index contributed by atoms with van der Waals surface area (Å²) in [5.41, 5.74) is 2.00. The number of carbonyl (C=O) groups is 1. The molecular weight excluding hydrogens is 272 g/mol. The van der Waals surface area contributed by atoms with Crippen LogP contribution in [0.4, 0.5) is 4.79 Å². The lowest BCUT2D eigenvalue weighted by Gasteiger charge is -2.16. The minimum atomic E-state index is 0.0887. The van der Waals surface area contributed by atoms with Crippen LogP contribution in [0.1, 0.15) is 11.4 Å². The molecule has 0 N–H and O–H groups in total. The summed E-state index contributed by atoms with van der Waals surface area (Å²) in [6.45, 7) is 4.14. The number of halogens is 1. The van der Waals surface area contributed by atoms with Crippen molar-refractivity contribution in [2.24, 2.45) is 7.05 Å². The summed E-state index contributed by atoms with van der Waals surface area (Å²) in [6, 6.07) is 0.0887. The maximum atomic E-state index is 11.7. The number of likely N-dealkylation sites (N-methyl/N-ethyl adjacent to an activating group) is 1. The van der Waals surface area contributed by atoms with Crippen molar-refractivity contribution in [1.82, 2.24) is 19.6 Å². The first kappa shape index (κ1) is 11.4. The molecule has 1 saturated heterocycles. The minimum absolute atomic E-state index is 0.0887. The maximum Gasteiger partial charge on any atom is 0.320 e. The average molecular weight is 287 g/mol. The fraction of sp³-hybridized carbons (Fsp3) is 0.600. The highest BCUT2D eigenvalue weighted by Gasteiger charge is 2.27. The molecule has 0 radical (unpaired) electrons. The maximum absolute atomic E-state index is 11.7. The Labute approximate surface area is 103 Å². The van der Waals surface area contributed by atoms with Gasteiger partial charge in [-0.3, -0.25) is 4.68 Å². The van der Waals surface area contributed by atoms with Crippen LogP contribution in [0.2, 0.25) is 0 Å². The molecule has 0 saturated carbocycles. The fourth-order valence-corrected chi connectivity index (χ4v) is 2.34. The summed E-state index contributed by atoms with van der Waals surface area (Å²) < 4.78 is 2.82.